The number of rotatable bonds is 6. The van der Waals surface area contributed by atoms with Crippen LogP contribution in [0.5, 0.6) is 0 Å². The highest BCUT2D eigenvalue weighted by molar-refractivity contribution is 7.99. The summed E-state index contributed by atoms with van der Waals surface area (Å²) in [6.45, 7) is 0. The third kappa shape index (κ3) is 5.03. The number of nitrogens with zero attached hydrogens (tertiary/aromatic N) is 1. The molecule has 1 heterocycles. The molecular formula is C23H23N5O3S2. The van der Waals surface area contributed by atoms with Crippen molar-refractivity contribution >= 4 is 44.9 Å². The van der Waals surface area contributed by atoms with E-state index in [0.29, 0.717) is 34.0 Å². The van der Waals surface area contributed by atoms with Crippen LogP contribution in [0.2, 0.25) is 0 Å². The van der Waals surface area contributed by atoms with Crippen molar-refractivity contribution in [3.8, 4) is 11.1 Å². The Labute approximate surface area is 196 Å². The van der Waals surface area contributed by atoms with Crippen molar-refractivity contribution in [2.24, 2.45) is 10.9 Å². The number of carbonyl (C=O) groups excluding carboxylic acids is 1. The predicted octanol–water partition coefficient (Wildman–Crippen LogP) is 2.80. The summed E-state index contributed by atoms with van der Waals surface area (Å²) in [4.78, 5) is 15.1. The normalized spacial score (nSPS) is 15.9. The molecule has 6 N–H and O–H groups in total. The van der Waals surface area contributed by atoms with Crippen LogP contribution in [0.3, 0.4) is 0 Å². The van der Waals surface area contributed by atoms with E-state index in [1.807, 2.05) is 23.1 Å². The SMILES string of the molecule is N=C(N)c1cccc(N2CSCC2C(=O)Nc2ccc(-c3ccccc3S(N)(=O)=O)cc2)c1. The number of hydrogen-bond donors (Lipinski definition) is 4. The third-order valence-corrected chi connectivity index (χ3v) is 7.31. The maximum Gasteiger partial charge on any atom is 0.247 e. The van der Waals surface area contributed by atoms with Gasteiger partial charge in [-0.1, -0.05) is 42.5 Å². The quantitative estimate of drug-likeness (QED) is 0.315. The predicted molar refractivity (Wildman–Crippen MR) is 133 cm³/mol. The van der Waals surface area contributed by atoms with E-state index in [1.165, 1.54) is 6.07 Å². The van der Waals surface area contributed by atoms with Gasteiger partial charge in [0.15, 0.2) is 0 Å². The Kier molecular flexibility index (Phi) is 6.41. The summed E-state index contributed by atoms with van der Waals surface area (Å²) in [6.07, 6.45) is 0. The van der Waals surface area contributed by atoms with Crippen molar-refractivity contribution < 1.29 is 13.2 Å². The molecule has 4 rings (SSSR count). The zero-order valence-corrected chi connectivity index (χ0v) is 19.2. The molecule has 1 unspecified atom stereocenters. The molecule has 10 heteroatoms. The summed E-state index contributed by atoms with van der Waals surface area (Å²) in [5, 5.41) is 15.9. The molecule has 1 aliphatic rings. The van der Waals surface area contributed by atoms with Gasteiger partial charge in [-0.25, -0.2) is 13.6 Å². The molecule has 1 fully saturated rings. The van der Waals surface area contributed by atoms with E-state index in [9.17, 15) is 13.2 Å². The minimum atomic E-state index is -3.86. The van der Waals surface area contributed by atoms with Crippen LogP contribution in [0.25, 0.3) is 11.1 Å². The van der Waals surface area contributed by atoms with Crippen LogP contribution in [0, 0.1) is 5.41 Å². The van der Waals surface area contributed by atoms with Gasteiger partial charge in [0.1, 0.15) is 11.9 Å². The van der Waals surface area contributed by atoms with E-state index in [-0.39, 0.29) is 22.7 Å². The number of primary sulfonamides is 1. The maximum absolute atomic E-state index is 13.0. The minimum absolute atomic E-state index is 0.0196. The highest BCUT2D eigenvalue weighted by Gasteiger charge is 2.31. The number of nitrogen functional groups attached to an aromatic ring is 1. The largest absolute Gasteiger partial charge is 0.384 e. The van der Waals surface area contributed by atoms with Gasteiger partial charge in [-0.2, -0.15) is 0 Å². The standard InChI is InChI=1S/C23H23N5O3S2/c24-22(25)16-4-3-5-18(12-16)28-14-32-13-20(28)23(29)27-17-10-8-15(9-11-17)19-6-1-2-7-21(19)33(26,30)31/h1-12,20H,13-14H2,(H3,24,25)(H,27,29)(H2,26,30,31). The molecule has 0 saturated carbocycles. The summed E-state index contributed by atoms with van der Waals surface area (Å²) in [7, 11) is -3.86. The third-order valence-electron chi connectivity index (χ3n) is 5.33. The lowest BCUT2D eigenvalue weighted by molar-refractivity contribution is -0.116. The topological polar surface area (TPSA) is 142 Å². The number of hydrogen-bond acceptors (Lipinski definition) is 6. The molecule has 33 heavy (non-hydrogen) atoms. The second kappa shape index (κ2) is 9.26. The maximum atomic E-state index is 13.0. The molecule has 0 aromatic heterocycles. The number of nitrogens with two attached hydrogens (primary N) is 2. The number of sulfonamides is 1. The highest BCUT2D eigenvalue weighted by Crippen LogP contribution is 2.30. The van der Waals surface area contributed by atoms with Gasteiger partial charge < -0.3 is 16.0 Å². The van der Waals surface area contributed by atoms with Crippen LogP contribution in [-0.2, 0) is 14.8 Å². The van der Waals surface area contributed by atoms with Crippen molar-refractivity contribution in [2.45, 2.75) is 10.9 Å². The van der Waals surface area contributed by atoms with Crippen molar-refractivity contribution in [2.75, 3.05) is 21.8 Å². The second-order valence-corrected chi connectivity index (χ2v) is 10.1. The van der Waals surface area contributed by atoms with Crippen molar-refractivity contribution in [1.82, 2.24) is 0 Å². The molecule has 1 amide bonds. The summed E-state index contributed by atoms with van der Waals surface area (Å²) in [5.74, 6) is 1.12. The van der Waals surface area contributed by atoms with Gasteiger partial charge in [0.05, 0.1) is 10.8 Å². The fraction of sp³-hybridized carbons (Fsp3) is 0.130. The molecule has 170 valence electrons. The first-order valence-corrected chi connectivity index (χ1v) is 12.8. The molecule has 3 aromatic carbocycles. The first-order chi connectivity index (χ1) is 15.7. The van der Waals surface area contributed by atoms with E-state index in [4.69, 9.17) is 16.3 Å². The molecule has 0 aliphatic carbocycles. The van der Waals surface area contributed by atoms with E-state index >= 15 is 0 Å². The molecule has 3 aromatic rings. The van der Waals surface area contributed by atoms with Gasteiger partial charge in [-0.3, -0.25) is 10.2 Å². The molecular weight excluding hydrogens is 458 g/mol. The number of amidine groups is 1. The molecule has 0 spiro atoms. The van der Waals surface area contributed by atoms with Gasteiger partial charge >= 0.3 is 0 Å². The van der Waals surface area contributed by atoms with Crippen molar-refractivity contribution in [1.29, 1.82) is 5.41 Å². The second-order valence-electron chi connectivity index (χ2n) is 7.56. The lowest BCUT2D eigenvalue weighted by Gasteiger charge is -2.25. The lowest BCUT2D eigenvalue weighted by Crippen LogP contribution is -2.41. The zero-order chi connectivity index (χ0) is 23.6. The number of benzene rings is 3. The molecule has 0 radical (unpaired) electrons. The summed E-state index contributed by atoms with van der Waals surface area (Å²) in [5.41, 5.74) is 8.83. The zero-order valence-electron chi connectivity index (χ0n) is 17.6. The molecule has 1 saturated heterocycles. The van der Waals surface area contributed by atoms with Crippen LogP contribution in [-0.4, -0.2) is 37.8 Å². The Morgan fingerprint density at radius 1 is 1.06 bits per heavy atom. The average Bonchev–Trinajstić information content (AvgIpc) is 3.29. The Bertz CT molecular complexity index is 1310. The van der Waals surface area contributed by atoms with Crippen LogP contribution in [0.15, 0.2) is 77.7 Å². The number of amides is 1. The monoisotopic (exact) mass is 481 g/mol. The number of carbonyl (C=O) groups is 1. The smallest absolute Gasteiger partial charge is 0.247 e. The van der Waals surface area contributed by atoms with E-state index in [0.717, 1.165) is 5.69 Å². The van der Waals surface area contributed by atoms with Crippen LogP contribution in [0.4, 0.5) is 11.4 Å². The first-order valence-electron chi connectivity index (χ1n) is 10.1. The van der Waals surface area contributed by atoms with Crippen LogP contribution in [0.1, 0.15) is 5.56 Å². The van der Waals surface area contributed by atoms with Gasteiger partial charge in [0, 0.05) is 28.3 Å². The summed E-state index contributed by atoms with van der Waals surface area (Å²) in [6, 6.07) is 20.4. The minimum Gasteiger partial charge on any atom is -0.384 e. The van der Waals surface area contributed by atoms with E-state index in [1.54, 1.807) is 60.3 Å². The van der Waals surface area contributed by atoms with Crippen LogP contribution < -0.4 is 21.1 Å². The lowest BCUT2D eigenvalue weighted by atomic mass is 10.1. The summed E-state index contributed by atoms with van der Waals surface area (Å²) >= 11 is 1.65. The first kappa shape index (κ1) is 22.8. The Balaban J connectivity index is 1.52. The van der Waals surface area contributed by atoms with E-state index < -0.39 is 10.0 Å². The number of thioether (sulfide) groups is 1. The average molecular weight is 482 g/mol. The van der Waals surface area contributed by atoms with Gasteiger partial charge in [0.25, 0.3) is 0 Å². The van der Waals surface area contributed by atoms with Gasteiger partial charge in [-0.15, -0.1) is 11.8 Å². The molecule has 1 aliphatic heterocycles. The Morgan fingerprint density at radius 3 is 2.48 bits per heavy atom. The van der Waals surface area contributed by atoms with Crippen molar-refractivity contribution in [3.63, 3.8) is 0 Å². The van der Waals surface area contributed by atoms with Gasteiger partial charge in [-0.05, 0) is 35.9 Å². The molecule has 0 bridgehead atoms. The van der Waals surface area contributed by atoms with Crippen LogP contribution >= 0.6 is 11.8 Å². The fourth-order valence-electron chi connectivity index (χ4n) is 3.68. The Hall–Kier alpha value is -3.34. The number of anilines is 2. The molecule has 1 atom stereocenters. The summed E-state index contributed by atoms with van der Waals surface area (Å²) < 4.78 is 23.8. The fourth-order valence-corrected chi connectivity index (χ4v) is 5.62. The molecule has 8 nitrogen and oxygen atoms in total. The highest BCUT2D eigenvalue weighted by atomic mass is 32.2. The number of nitrogens with one attached hydrogen (secondary N) is 2. The van der Waals surface area contributed by atoms with Gasteiger partial charge in [0.2, 0.25) is 15.9 Å². The Morgan fingerprint density at radius 2 is 1.79 bits per heavy atom. The van der Waals surface area contributed by atoms with E-state index in [2.05, 4.69) is 5.32 Å². The van der Waals surface area contributed by atoms with Crippen molar-refractivity contribution in [3.05, 3.63) is 78.4 Å².